The number of rotatable bonds is 7. The highest BCUT2D eigenvalue weighted by molar-refractivity contribution is 5.22. The van der Waals surface area contributed by atoms with Crippen molar-refractivity contribution in [3.8, 4) is 0 Å². The predicted octanol–water partition coefficient (Wildman–Crippen LogP) is 2.30. The summed E-state index contributed by atoms with van der Waals surface area (Å²) in [6, 6.07) is 12.3. The SMILES string of the molecule is CC(C)(CO)C(CNCc1ccn[nH]1)c1ccccc1. The monoisotopic (exact) mass is 273 g/mol. The zero-order chi connectivity index (χ0) is 14.4. The van der Waals surface area contributed by atoms with E-state index >= 15 is 0 Å². The van der Waals surface area contributed by atoms with Gasteiger partial charge in [-0.15, -0.1) is 0 Å². The second kappa shape index (κ2) is 6.68. The normalized spacial score (nSPS) is 13.3. The highest BCUT2D eigenvalue weighted by Crippen LogP contribution is 2.34. The molecule has 1 aromatic heterocycles. The van der Waals surface area contributed by atoms with Crippen LogP contribution < -0.4 is 5.32 Å². The van der Waals surface area contributed by atoms with Gasteiger partial charge in [0, 0.05) is 37.5 Å². The molecule has 1 aromatic carbocycles. The van der Waals surface area contributed by atoms with Gasteiger partial charge in [0.15, 0.2) is 0 Å². The van der Waals surface area contributed by atoms with Crippen LogP contribution in [-0.4, -0.2) is 28.5 Å². The van der Waals surface area contributed by atoms with E-state index in [1.807, 2.05) is 24.3 Å². The van der Waals surface area contributed by atoms with E-state index in [0.29, 0.717) is 0 Å². The molecular formula is C16H23N3O. The van der Waals surface area contributed by atoms with Crippen molar-refractivity contribution in [1.29, 1.82) is 0 Å². The fourth-order valence-corrected chi connectivity index (χ4v) is 2.38. The van der Waals surface area contributed by atoms with Crippen LogP contribution in [0.1, 0.15) is 31.0 Å². The molecule has 0 aliphatic heterocycles. The van der Waals surface area contributed by atoms with E-state index in [1.165, 1.54) is 5.56 Å². The average molecular weight is 273 g/mol. The molecule has 1 atom stereocenters. The Bertz CT molecular complexity index is 494. The fraction of sp³-hybridized carbons (Fsp3) is 0.438. The van der Waals surface area contributed by atoms with Crippen LogP contribution in [0.25, 0.3) is 0 Å². The van der Waals surface area contributed by atoms with Crippen LogP contribution >= 0.6 is 0 Å². The van der Waals surface area contributed by atoms with Crippen LogP contribution in [0.15, 0.2) is 42.6 Å². The van der Waals surface area contributed by atoms with Crippen LogP contribution in [-0.2, 0) is 6.54 Å². The Morgan fingerprint density at radius 3 is 2.60 bits per heavy atom. The maximum atomic E-state index is 9.67. The average Bonchev–Trinajstić information content (AvgIpc) is 2.97. The largest absolute Gasteiger partial charge is 0.396 e. The number of aromatic nitrogens is 2. The highest BCUT2D eigenvalue weighted by atomic mass is 16.3. The van der Waals surface area contributed by atoms with Gasteiger partial charge in [0.2, 0.25) is 0 Å². The van der Waals surface area contributed by atoms with Crippen molar-refractivity contribution in [2.45, 2.75) is 26.3 Å². The minimum absolute atomic E-state index is 0.164. The summed E-state index contributed by atoms with van der Waals surface area (Å²) in [7, 11) is 0. The van der Waals surface area contributed by atoms with E-state index < -0.39 is 0 Å². The van der Waals surface area contributed by atoms with Crippen molar-refractivity contribution < 1.29 is 5.11 Å². The molecule has 0 aliphatic carbocycles. The number of H-pyrrole nitrogens is 1. The highest BCUT2D eigenvalue weighted by Gasteiger charge is 2.29. The lowest BCUT2D eigenvalue weighted by atomic mass is 9.75. The molecular weight excluding hydrogens is 250 g/mol. The fourth-order valence-electron chi connectivity index (χ4n) is 2.38. The zero-order valence-electron chi connectivity index (χ0n) is 12.1. The summed E-state index contributed by atoms with van der Waals surface area (Å²) in [5.74, 6) is 0.261. The first-order valence-corrected chi connectivity index (χ1v) is 6.98. The van der Waals surface area contributed by atoms with Crippen molar-refractivity contribution in [3.05, 3.63) is 53.9 Å². The maximum Gasteiger partial charge on any atom is 0.0490 e. The number of aliphatic hydroxyl groups excluding tert-OH is 1. The van der Waals surface area contributed by atoms with E-state index in [1.54, 1.807) is 6.20 Å². The Balaban J connectivity index is 2.03. The van der Waals surface area contributed by atoms with E-state index in [0.717, 1.165) is 18.8 Å². The first kappa shape index (κ1) is 14.8. The Hall–Kier alpha value is -1.65. The summed E-state index contributed by atoms with van der Waals surface area (Å²) in [5, 5.41) is 20.0. The lowest BCUT2D eigenvalue weighted by Gasteiger charge is -2.33. The number of aliphatic hydroxyl groups is 1. The van der Waals surface area contributed by atoms with Crippen molar-refractivity contribution in [1.82, 2.24) is 15.5 Å². The van der Waals surface area contributed by atoms with Crippen LogP contribution in [0.3, 0.4) is 0 Å². The van der Waals surface area contributed by atoms with E-state index in [-0.39, 0.29) is 17.9 Å². The molecule has 0 radical (unpaired) electrons. The Morgan fingerprint density at radius 2 is 2.00 bits per heavy atom. The third-order valence-corrected chi connectivity index (χ3v) is 3.78. The van der Waals surface area contributed by atoms with Crippen molar-refractivity contribution in [2.24, 2.45) is 5.41 Å². The molecule has 20 heavy (non-hydrogen) atoms. The first-order valence-electron chi connectivity index (χ1n) is 6.98. The predicted molar refractivity (Wildman–Crippen MR) is 80.3 cm³/mol. The Labute approximate surface area is 120 Å². The van der Waals surface area contributed by atoms with Crippen LogP contribution in [0.2, 0.25) is 0 Å². The molecule has 0 aliphatic rings. The molecule has 0 bridgehead atoms. The quantitative estimate of drug-likeness (QED) is 0.725. The minimum atomic E-state index is -0.164. The topological polar surface area (TPSA) is 60.9 Å². The van der Waals surface area contributed by atoms with Gasteiger partial charge in [-0.1, -0.05) is 44.2 Å². The van der Waals surface area contributed by atoms with Gasteiger partial charge in [0.05, 0.1) is 0 Å². The number of benzene rings is 1. The third kappa shape index (κ3) is 3.68. The number of hydrogen-bond acceptors (Lipinski definition) is 3. The standard InChI is InChI=1S/C16H23N3O/c1-16(2,12-20)15(13-6-4-3-5-7-13)11-17-10-14-8-9-18-19-14/h3-9,15,17,20H,10-12H2,1-2H3,(H,18,19). The molecule has 4 heteroatoms. The smallest absolute Gasteiger partial charge is 0.0490 e. The van der Waals surface area contributed by atoms with Gasteiger partial charge in [0.25, 0.3) is 0 Å². The number of nitrogens with one attached hydrogen (secondary N) is 2. The molecule has 0 spiro atoms. The van der Waals surface area contributed by atoms with Crippen LogP contribution in [0.4, 0.5) is 0 Å². The van der Waals surface area contributed by atoms with E-state index in [9.17, 15) is 5.11 Å². The van der Waals surface area contributed by atoms with Crippen molar-refractivity contribution >= 4 is 0 Å². The summed E-state index contributed by atoms with van der Waals surface area (Å²) in [5.41, 5.74) is 2.16. The third-order valence-electron chi connectivity index (χ3n) is 3.78. The second-order valence-electron chi connectivity index (χ2n) is 5.82. The van der Waals surface area contributed by atoms with Gasteiger partial charge in [-0.25, -0.2) is 0 Å². The lowest BCUT2D eigenvalue weighted by Crippen LogP contribution is -2.34. The summed E-state index contributed by atoms with van der Waals surface area (Å²) in [4.78, 5) is 0. The number of nitrogens with zero attached hydrogens (tertiary/aromatic N) is 1. The van der Waals surface area contributed by atoms with E-state index in [2.05, 4.69) is 41.5 Å². The van der Waals surface area contributed by atoms with Crippen molar-refractivity contribution in [3.63, 3.8) is 0 Å². The molecule has 0 saturated heterocycles. The second-order valence-corrected chi connectivity index (χ2v) is 5.82. The summed E-state index contributed by atoms with van der Waals surface area (Å²) in [6.07, 6.45) is 1.75. The van der Waals surface area contributed by atoms with Crippen LogP contribution in [0.5, 0.6) is 0 Å². The van der Waals surface area contributed by atoms with Gasteiger partial charge in [-0.3, -0.25) is 5.10 Å². The van der Waals surface area contributed by atoms with Gasteiger partial charge in [-0.2, -0.15) is 5.10 Å². The Morgan fingerprint density at radius 1 is 1.25 bits per heavy atom. The molecule has 0 saturated carbocycles. The van der Waals surface area contributed by atoms with Gasteiger partial charge in [-0.05, 0) is 17.0 Å². The van der Waals surface area contributed by atoms with E-state index in [4.69, 9.17) is 0 Å². The van der Waals surface area contributed by atoms with Crippen molar-refractivity contribution in [2.75, 3.05) is 13.2 Å². The summed E-state index contributed by atoms with van der Waals surface area (Å²) in [6.45, 7) is 5.94. The summed E-state index contributed by atoms with van der Waals surface area (Å²) >= 11 is 0. The molecule has 1 unspecified atom stereocenters. The molecule has 0 fully saturated rings. The van der Waals surface area contributed by atoms with Gasteiger partial charge in [0.1, 0.15) is 0 Å². The zero-order valence-corrected chi connectivity index (χ0v) is 12.1. The molecule has 4 nitrogen and oxygen atoms in total. The van der Waals surface area contributed by atoms with Gasteiger partial charge >= 0.3 is 0 Å². The molecule has 2 rings (SSSR count). The summed E-state index contributed by atoms with van der Waals surface area (Å²) < 4.78 is 0. The number of hydrogen-bond donors (Lipinski definition) is 3. The molecule has 0 amide bonds. The Kier molecular flexibility index (Phi) is 4.93. The van der Waals surface area contributed by atoms with Gasteiger partial charge < -0.3 is 10.4 Å². The molecule has 2 aromatic rings. The lowest BCUT2D eigenvalue weighted by molar-refractivity contribution is 0.129. The first-order chi connectivity index (χ1) is 9.63. The maximum absolute atomic E-state index is 9.67. The van der Waals surface area contributed by atoms with Crippen LogP contribution in [0, 0.1) is 5.41 Å². The molecule has 3 N–H and O–H groups in total. The minimum Gasteiger partial charge on any atom is -0.396 e. The number of aromatic amines is 1. The molecule has 1 heterocycles. The molecule has 108 valence electrons.